The lowest BCUT2D eigenvalue weighted by molar-refractivity contribution is -0.139. The van der Waals surface area contributed by atoms with Crippen molar-refractivity contribution in [3.63, 3.8) is 0 Å². The highest BCUT2D eigenvalue weighted by molar-refractivity contribution is 5.76. The number of piperidine rings is 1. The summed E-state index contributed by atoms with van der Waals surface area (Å²) in [5.41, 5.74) is 5.33. The van der Waals surface area contributed by atoms with Gasteiger partial charge >= 0.3 is 5.97 Å². The molecule has 1 fully saturated rings. The number of hydrogen-bond acceptors (Lipinski definition) is 4. The molecule has 0 saturated carbocycles. The summed E-state index contributed by atoms with van der Waals surface area (Å²) in [6.45, 7) is 1.98. The van der Waals surface area contributed by atoms with Crippen LogP contribution in [-0.2, 0) is 14.3 Å². The maximum Gasteiger partial charge on any atom is 0.305 e. The quantitative estimate of drug-likeness (QED) is 0.676. The Hall–Kier alpha value is -1.14. The Bertz CT molecular complexity index is 262. The Kier molecular flexibility index (Phi) is 5.93. The molecule has 1 saturated heterocycles. The first-order chi connectivity index (χ1) is 8.13. The predicted octanol–water partition coefficient (Wildman–Crippen LogP) is -0.182. The Balaban J connectivity index is 2.17. The highest BCUT2D eigenvalue weighted by Gasteiger charge is 2.22. The summed E-state index contributed by atoms with van der Waals surface area (Å²) < 4.78 is 5.44. The first-order valence-corrected chi connectivity index (χ1v) is 5.94. The molecule has 0 aromatic rings. The van der Waals surface area contributed by atoms with Crippen LogP contribution in [0.25, 0.3) is 0 Å². The summed E-state index contributed by atoms with van der Waals surface area (Å²) in [7, 11) is 0. The fraction of sp³-hybridized carbons (Fsp3) is 0.818. The van der Waals surface area contributed by atoms with Gasteiger partial charge in [0.1, 0.15) is 0 Å². The van der Waals surface area contributed by atoms with Crippen LogP contribution in [0.15, 0.2) is 0 Å². The summed E-state index contributed by atoms with van der Waals surface area (Å²) in [4.78, 5) is 23.6. The van der Waals surface area contributed by atoms with E-state index in [-0.39, 0.29) is 25.0 Å². The monoisotopic (exact) mass is 244 g/mol. The van der Waals surface area contributed by atoms with Crippen molar-refractivity contribution in [1.29, 1.82) is 0 Å². The van der Waals surface area contributed by atoms with Crippen LogP contribution >= 0.6 is 0 Å². The Morgan fingerprint density at radius 2 is 1.94 bits per heavy atom. The van der Waals surface area contributed by atoms with Crippen LogP contribution in [0.3, 0.4) is 0 Å². The second kappa shape index (κ2) is 7.24. The number of aliphatic carboxylic acids is 1. The molecular weight excluding hydrogens is 224 g/mol. The van der Waals surface area contributed by atoms with Crippen LogP contribution in [0.5, 0.6) is 0 Å². The highest BCUT2D eigenvalue weighted by Crippen LogP contribution is 2.14. The number of nitrogens with two attached hydrogens (primary N) is 1. The van der Waals surface area contributed by atoms with Crippen molar-refractivity contribution in [2.45, 2.75) is 31.8 Å². The van der Waals surface area contributed by atoms with Crippen molar-refractivity contribution in [2.75, 3.05) is 26.2 Å². The van der Waals surface area contributed by atoms with Gasteiger partial charge < -0.3 is 20.5 Å². The lowest BCUT2D eigenvalue weighted by Crippen LogP contribution is -2.41. The largest absolute Gasteiger partial charge is 0.481 e. The van der Waals surface area contributed by atoms with Crippen LogP contribution in [0.2, 0.25) is 0 Å². The van der Waals surface area contributed by atoms with Crippen molar-refractivity contribution >= 4 is 11.9 Å². The Labute approximate surface area is 101 Å². The second-order valence-corrected chi connectivity index (χ2v) is 4.13. The van der Waals surface area contributed by atoms with Gasteiger partial charge in [0.25, 0.3) is 0 Å². The van der Waals surface area contributed by atoms with Crippen LogP contribution in [-0.4, -0.2) is 54.2 Å². The number of nitrogens with zero attached hydrogens (tertiary/aromatic N) is 1. The molecule has 3 N–H and O–H groups in total. The highest BCUT2D eigenvalue weighted by atomic mass is 16.5. The summed E-state index contributed by atoms with van der Waals surface area (Å²) in [6.07, 6.45) is 2.05. The van der Waals surface area contributed by atoms with Gasteiger partial charge in [0.15, 0.2) is 0 Å². The van der Waals surface area contributed by atoms with E-state index in [0.29, 0.717) is 26.1 Å². The average molecular weight is 244 g/mol. The van der Waals surface area contributed by atoms with Crippen molar-refractivity contribution in [1.82, 2.24) is 4.90 Å². The molecule has 17 heavy (non-hydrogen) atoms. The van der Waals surface area contributed by atoms with Gasteiger partial charge in [0.2, 0.25) is 5.91 Å². The Morgan fingerprint density at radius 1 is 1.29 bits per heavy atom. The number of carbonyl (C=O) groups excluding carboxylic acids is 1. The standard InChI is InChI=1S/C11H20N2O4/c12-5-1-10(14)13-6-2-9(3-7-13)17-8-4-11(15)16/h9H,1-8,12H2,(H,15,16). The molecule has 0 spiro atoms. The maximum absolute atomic E-state index is 11.5. The fourth-order valence-electron chi connectivity index (χ4n) is 1.87. The SMILES string of the molecule is NCCC(=O)N1CCC(OCCC(=O)O)CC1. The first kappa shape index (κ1) is 13.9. The molecule has 0 aliphatic carbocycles. The first-order valence-electron chi connectivity index (χ1n) is 5.94. The van der Waals surface area contributed by atoms with E-state index >= 15 is 0 Å². The summed E-state index contributed by atoms with van der Waals surface area (Å²) in [5, 5.41) is 8.47. The summed E-state index contributed by atoms with van der Waals surface area (Å²) in [5.74, 6) is -0.753. The Morgan fingerprint density at radius 3 is 2.47 bits per heavy atom. The number of rotatable bonds is 6. The van der Waals surface area contributed by atoms with Crippen molar-refractivity contribution in [3.8, 4) is 0 Å². The van der Waals surface area contributed by atoms with E-state index in [1.165, 1.54) is 0 Å². The topological polar surface area (TPSA) is 92.9 Å². The van der Waals surface area contributed by atoms with E-state index in [0.717, 1.165) is 12.8 Å². The molecule has 0 aromatic carbocycles. The van der Waals surface area contributed by atoms with Gasteiger partial charge in [0.05, 0.1) is 19.1 Å². The molecule has 6 nitrogen and oxygen atoms in total. The van der Waals surface area contributed by atoms with Gasteiger partial charge in [-0.25, -0.2) is 0 Å². The van der Waals surface area contributed by atoms with Gasteiger partial charge in [-0.15, -0.1) is 0 Å². The molecule has 1 heterocycles. The van der Waals surface area contributed by atoms with Crippen molar-refractivity contribution < 1.29 is 19.4 Å². The lowest BCUT2D eigenvalue weighted by atomic mass is 10.1. The van der Waals surface area contributed by atoms with Gasteiger partial charge in [-0.2, -0.15) is 0 Å². The minimum atomic E-state index is -0.847. The number of carbonyl (C=O) groups is 2. The van der Waals surface area contributed by atoms with E-state index in [2.05, 4.69) is 0 Å². The minimum Gasteiger partial charge on any atom is -0.481 e. The second-order valence-electron chi connectivity index (χ2n) is 4.13. The van der Waals surface area contributed by atoms with Crippen LogP contribution in [0.1, 0.15) is 25.7 Å². The van der Waals surface area contributed by atoms with Crippen molar-refractivity contribution in [3.05, 3.63) is 0 Å². The predicted molar refractivity (Wildman–Crippen MR) is 61.5 cm³/mol. The van der Waals surface area contributed by atoms with E-state index in [9.17, 15) is 9.59 Å². The van der Waals surface area contributed by atoms with E-state index < -0.39 is 5.97 Å². The molecule has 98 valence electrons. The number of hydrogen-bond donors (Lipinski definition) is 2. The normalized spacial score (nSPS) is 17.1. The van der Waals surface area contributed by atoms with Gasteiger partial charge in [-0.05, 0) is 12.8 Å². The number of amides is 1. The maximum atomic E-state index is 11.5. The zero-order valence-corrected chi connectivity index (χ0v) is 9.93. The van der Waals surface area contributed by atoms with Gasteiger partial charge in [-0.3, -0.25) is 9.59 Å². The third-order valence-electron chi connectivity index (χ3n) is 2.82. The fourth-order valence-corrected chi connectivity index (χ4v) is 1.87. The molecule has 0 atom stereocenters. The van der Waals surface area contributed by atoms with E-state index in [1.54, 1.807) is 4.90 Å². The third-order valence-corrected chi connectivity index (χ3v) is 2.82. The number of carboxylic acid groups (broad SMARTS) is 1. The number of carboxylic acids is 1. The number of likely N-dealkylation sites (tertiary alicyclic amines) is 1. The summed E-state index contributed by atoms with van der Waals surface area (Å²) in [6, 6.07) is 0. The molecular formula is C11H20N2O4. The molecule has 1 aliphatic heterocycles. The molecule has 0 unspecified atom stereocenters. The molecule has 0 bridgehead atoms. The molecule has 6 heteroatoms. The van der Waals surface area contributed by atoms with E-state index in [4.69, 9.17) is 15.6 Å². The zero-order valence-electron chi connectivity index (χ0n) is 9.93. The molecule has 1 amide bonds. The molecule has 0 aromatic heterocycles. The zero-order chi connectivity index (χ0) is 12.7. The molecule has 1 rings (SSSR count). The lowest BCUT2D eigenvalue weighted by Gasteiger charge is -2.31. The van der Waals surface area contributed by atoms with E-state index in [1.807, 2.05) is 0 Å². The van der Waals surface area contributed by atoms with Gasteiger partial charge in [-0.1, -0.05) is 0 Å². The summed E-state index contributed by atoms with van der Waals surface area (Å²) >= 11 is 0. The van der Waals surface area contributed by atoms with Crippen LogP contribution < -0.4 is 5.73 Å². The van der Waals surface area contributed by atoms with Crippen LogP contribution in [0, 0.1) is 0 Å². The van der Waals surface area contributed by atoms with Crippen LogP contribution in [0.4, 0.5) is 0 Å². The average Bonchev–Trinajstić information content (AvgIpc) is 2.30. The number of ether oxygens (including phenoxy) is 1. The van der Waals surface area contributed by atoms with Crippen molar-refractivity contribution in [2.24, 2.45) is 5.73 Å². The molecule has 1 aliphatic rings. The smallest absolute Gasteiger partial charge is 0.305 e. The third kappa shape index (κ3) is 5.14. The molecule has 0 radical (unpaired) electrons. The van der Waals surface area contributed by atoms with Gasteiger partial charge in [0, 0.05) is 26.1 Å². The minimum absolute atomic E-state index is 0.0340.